The number of benzene rings is 1. The molecule has 16 heavy (non-hydrogen) atoms. The van der Waals surface area contributed by atoms with Crippen molar-refractivity contribution in [2.45, 2.75) is 6.42 Å². The Bertz CT molecular complexity index is 464. The zero-order valence-corrected chi connectivity index (χ0v) is 8.65. The van der Waals surface area contributed by atoms with Crippen LogP contribution in [0.2, 0.25) is 0 Å². The second-order valence-electron chi connectivity index (χ2n) is 3.38. The molecule has 1 aromatic carbocycles. The Balaban J connectivity index is 2.62. The van der Waals surface area contributed by atoms with Crippen LogP contribution < -0.4 is 9.47 Å². The highest BCUT2D eigenvalue weighted by atomic mass is 16.5. The summed E-state index contributed by atoms with van der Waals surface area (Å²) in [5.74, 6) is -0.603. The summed E-state index contributed by atoms with van der Waals surface area (Å²) in [5.41, 5.74) is 0.303. The molecule has 0 atom stereocenters. The number of aromatic carboxylic acids is 1. The van der Waals surface area contributed by atoms with E-state index in [-0.39, 0.29) is 29.1 Å². The number of hydrogen-bond acceptors (Lipinski definition) is 4. The van der Waals surface area contributed by atoms with Gasteiger partial charge in [-0.25, -0.2) is 4.79 Å². The number of rotatable bonds is 2. The van der Waals surface area contributed by atoms with Gasteiger partial charge in [-0.1, -0.05) is 0 Å². The van der Waals surface area contributed by atoms with Crippen molar-refractivity contribution in [3.05, 3.63) is 23.3 Å². The number of ketones is 1. The van der Waals surface area contributed by atoms with Crippen molar-refractivity contribution in [2.75, 3.05) is 13.7 Å². The molecule has 0 aliphatic carbocycles. The van der Waals surface area contributed by atoms with Crippen molar-refractivity contribution in [1.82, 2.24) is 0 Å². The Morgan fingerprint density at radius 1 is 1.50 bits per heavy atom. The van der Waals surface area contributed by atoms with Crippen LogP contribution >= 0.6 is 0 Å². The number of carboxylic acid groups (broad SMARTS) is 1. The molecule has 5 heteroatoms. The summed E-state index contributed by atoms with van der Waals surface area (Å²) in [6.45, 7) is 0.300. The molecule has 1 heterocycles. The number of fused-ring (bicyclic) bond motifs is 1. The normalized spacial score (nSPS) is 13.9. The minimum absolute atomic E-state index is 0.0226. The molecule has 0 spiro atoms. The molecule has 0 aromatic heterocycles. The van der Waals surface area contributed by atoms with Crippen molar-refractivity contribution in [3.63, 3.8) is 0 Å². The molecule has 84 valence electrons. The topological polar surface area (TPSA) is 72.8 Å². The lowest BCUT2D eigenvalue weighted by molar-refractivity contribution is 0.0696. The van der Waals surface area contributed by atoms with E-state index in [9.17, 15) is 9.59 Å². The fourth-order valence-corrected chi connectivity index (χ4v) is 1.61. The van der Waals surface area contributed by atoms with Crippen LogP contribution in [0.1, 0.15) is 27.1 Å². The summed E-state index contributed by atoms with van der Waals surface area (Å²) in [6, 6.07) is 2.67. The Labute approximate surface area is 91.6 Å². The molecule has 1 aliphatic heterocycles. The Morgan fingerprint density at radius 3 is 2.88 bits per heavy atom. The molecular formula is C11H10O5. The number of hydrogen-bond donors (Lipinski definition) is 1. The van der Waals surface area contributed by atoms with E-state index in [0.717, 1.165) is 0 Å². The Hall–Kier alpha value is -2.04. The number of carboxylic acids is 1. The standard InChI is InChI=1S/C11H10O5/c1-15-9-5-6(11(13)14)4-7-8(12)2-3-16-10(7)9/h4-5H,2-3H2,1H3,(H,13,14). The zero-order chi connectivity index (χ0) is 11.7. The smallest absolute Gasteiger partial charge is 0.335 e. The first-order valence-electron chi connectivity index (χ1n) is 4.75. The van der Waals surface area contributed by atoms with E-state index in [4.69, 9.17) is 14.6 Å². The summed E-state index contributed by atoms with van der Waals surface area (Å²) in [4.78, 5) is 22.5. The maximum absolute atomic E-state index is 11.6. The number of ether oxygens (including phenoxy) is 2. The molecule has 5 nitrogen and oxygen atoms in total. The third-order valence-corrected chi connectivity index (χ3v) is 2.40. The van der Waals surface area contributed by atoms with E-state index >= 15 is 0 Å². The van der Waals surface area contributed by atoms with Crippen LogP contribution in [-0.2, 0) is 0 Å². The maximum Gasteiger partial charge on any atom is 0.335 e. The van der Waals surface area contributed by atoms with E-state index in [0.29, 0.717) is 12.4 Å². The number of carbonyl (C=O) groups excluding carboxylic acids is 1. The van der Waals surface area contributed by atoms with Gasteiger partial charge < -0.3 is 14.6 Å². The summed E-state index contributed by atoms with van der Waals surface area (Å²) in [5, 5.41) is 8.88. The van der Waals surface area contributed by atoms with Gasteiger partial charge in [-0.3, -0.25) is 4.79 Å². The van der Waals surface area contributed by atoms with Crippen LogP contribution in [0.4, 0.5) is 0 Å². The molecule has 2 rings (SSSR count). The lowest BCUT2D eigenvalue weighted by Crippen LogP contribution is -2.17. The van der Waals surface area contributed by atoms with Gasteiger partial charge in [-0.15, -0.1) is 0 Å². The van der Waals surface area contributed by atoms with Crippen LogP contribution in [0.15, 0.2) is 12.1 Å². The highest BCUT2D eigenvalue weighted by molar-refractivity contribution is 6.03. The van der Waals surface area contributed by atoms with Crippen LogP contribution in [0, 0.1) is 0 Å². The number of carbonyl (C=O) groups is 2. The first-order chi connectivity index (χ1) is 7.63. The van der Waals surface area contributed by atoms with Gasteiger partial charge >= 0.3 is 5.97 Å². The molecule has 1 aliphatic rings. The first-order valence-corrected chi connectivity index (χ1v) is 4.75. The Kier molecular flexibility index (Phi) is 2.52. The van der Waals surface area contributed by atoms with Gasteiger partial charge in [0.15, 0.2) is 17.3 Å². The quantitative estimate of drug-likeness (QED) is 0.817. The molecule has 0 radical (unpaired) electrons. The molecule has 1 aromatic rings. The predicted molar refractivity (Wildman–Crippen MR) is 54.4 cm³/mol. The predicted octanol–water partition coefficient (Wildman–Crippen LogP) is 1.36. The second-order valence-corrected chi connectivity index (χ2v) is 3.38. The molecule has 0 saturated carbocycles. The van der Waals surface area contributed by atoms with Gasteiger partial charge in [0.25, 0.3) is 0 Å². The average Bonchev–Trinajstić information content (AvgIpc) is 2.28. The van der Waals surface area contributed by atoms with E-state index in [1.54, 1.807) is 0 Å². The molecular weight excluding hydrogens is 212 g/mol. The molecule has 0 amide bonds. The molecule has 0 saturated heterocycles. The van der Waals surface area contributed by atoms with Crippen LogP contribution in [0.5, 0.6) is 11.5 Å². The van der Waals surface area contributed by atoms with Gasteiger partial charge in [0, 0.05) is 6.42 Å². The van der Waals surface area contributed by atoms with Crippen molar-refractivity contribution in [3.8, 4) is 11.5 Å². The number of methoxy groups -OCH3 is 1. The molecule has 1 N–H and O–H groups in total. The lowest BCUT2D eigenvalue weighted by Gasteiger charge is -2.19. The monoisotopic (exact) mass is 222 g/mol. The fraction of sp³-hybridized carbons (Fsp3) is 0.273. The lowest BCUT2D eigenvalue weighted by atomic mass is 10.0. The average molecular weight is 222 g/mol. The first kappa shape index (κ1) is 10.5. The third-order valence-electron chi connectivity index (χ3n) is 2.40. The highest BCUT2D eigenvalue weighted by Gasteiger charge is 2.24. The number of Topliss-reactive ketones (excluding diaryl/α,β-unsaturated/α-hetero) is 1. The summed E-state index contributed by atoms with van der Waals surface area (Å²) < 4.78 is 10.3. The van der Waals surface area contributed by atoms with Gasteiger partial charge in [-0.2, -0.15) is 0 Å². The van der Waals surface area contributed by atoms with Crippen molar-refractivity contribution in [2.24, 2.45) is 0 Å². The van der Waals surface area contributed by atoms with Gasteiger partial charge in [-0.05, 0) is 12.1 Å². The van der Waals surface area contributed by atoms with E-state index in [1.165, 1.54) is 19.2 Å². The van der Waals surface area contributed by atoms with Crippen LogP contribution in [0.25, 0.3) is 0 Å². The van der Waals surface area contributed by atoms with Crippen molar-refractivity contribution >= 4 is 11.8 Å². The summed E-state index contributed by atoms with van der Waals surface area (Å²) in [7, 11) is 1.41. The highest BCUT2D eigenvalue weighted by Crippen LogP contribution is 2.36. The van der Waals surface area contributed by atoms with E-state index in [2.05, 4.69) is 0 Å². The van der Waals surface area contributed by atoms with Crippen LogP contribution in [-0.4, -0.2) is 30.6 Å². The Morgan fingerprint density at radius 2 is 2.25 bits per heavy atom. The van der Waals surface area contributed by atoms with Gasteiger partial charge in [0.05, 0.1) is 24.8 Å². The second kappa shape index (κ2) is 3.84. The third kappa shape index (κ3) is 1.60. The molecule has 0 bridgehead atoms. The van der Waals surface area contributed by atoms with Crippen LogP contribution in [0.3, 0.4) is 0 Å². The largest absolute Gasteiger partial charge is 0.493 e. The van der Waals surface area contributed by atoms with Gasteiger partial charge in [0.1, 0.15) is 0 Å². The van der Waals surface area contributed by atoms with Crippen molar-refractivity contribution in [1.29, 1.82) is 0 Å². The fourth-order valence-electron chi connectivity index (χ4n) is 1.61. The minimum atomic E-state index is -1.10. The van der Waals surface area contributed by atoms with Gasteiger partial charge in [0.2, 0.25) is 0 Å². The zero-order valence-electron chi connectivity index (χ0n) is 8.65. The summed E-state index contributed by atoms with van der Waals surface area (Å²) in [6.07, 6.45) is 0.263. The molecule has 0 unspecified atom stereocenters. The molecule has 0 fully saturated rings. The SMILES string of the molecule is COc1cc(C(=O)O)cc2c1OCCC2=O. The minimum Gasteiger partial charge on any atom is -0.493 e. The summed E-state index contributed by atoms with van der Waals surface area (Å²) >= 11 is 0. The van der Waals surface area contributed by atoms with E-state index < -0.39 is 5.97 Å². The maximum atomic E-state index is 11.6. The van der Waals surface area contributed by atoms with E-state index in [1.807, 2.05) is 0 Å². The van der Waals surface area contributed by atoms with Crippen molar-refractivity contribution < 1.29 is 24.2 Å².